The summed E-state index contributed by atoms with van der Waals surface area (Å²) in [5.74, 6) is -1.15. The molecule has 1 rings (SSSR count). The van der Waals surface area contributed by atoms with Crippen molar-refractivity contribution in [2.75, 3.05) is 10.5 Å². The molecule has 0 saturated carbocycles. The number of hydrogen-bond donors (Lipinski definition) is 1. The summed E-state index contributed by atoms with van der Waals surface area (Å²) in [6.45, 7) is 1.68. The lowest BCUT2D eigenvalue weighted by Gasteiger charge is -2.09. The number of anilines is 1. The lowest BCUT2D eigenvalue weighted by atomic mass is 10.2. The van der Waals surface area contributed by atoms with Crippen LogP contribution in [0.15, 0.2) is 12.1 Å². The summed E-state index contributed by atoms with van der Waals surface area (Å²) in [4.78, 5) is 10.5. The minimum Gasteiger partial charge on any atom is -0.285 e. The summed E-state index contributed by atoms with van der Waals surface area (Å²) in [6.07, 6.45) is 1.73. The number of hydrogen-bond acceptors (Lipinski definition) is 3. The highest BCUT2D eigenvalue weighted by Crippen LogP contribution is 2.24. The molecule has 0 atom stereocenters. The van der Waals surface area contributed by atoms with Gasteiger partial charge in [0.15, 0.2) is 5.82 Å². The molecule has 1 radical (unpaired) electrons. The second-order valence-electron chi connectivity index (χ2n) is 3.31. The van der Waals surface area contributed by atoms with E-state index in [2.05, 4.69) is 0 Å². The van der Waals surface area contributed by atoms with E-state index in [0.29, 0.717) is 6.42 Å². The van der Waals surface area contributed by atoms with Gasteiger partial charge in [-0.05, 0) is 18.6 Å². The van der Waals surface area contributed by atoms with Crippen molar-refractivity contribution in [1.82, 2.24) is 0 Å². The summed E-state index contributed by atoms with van der Waals surface area (Å²) >= 11 is 5.55. The van der Waals surface area contributed by atoms with Crippen LogP contribution in [-0.4, -0.2) is 20.5 Å². The zero-order chi connectivity index (χ0) is 13.1. The third-order valence-corrected chi connectivity index (χ3v) is 3.72. The van der Waals surface area contributed by atoms with Crippen LogP contribution < -0.4 is 4.72 Å². The van der Waals surface area contributed by atoms with E-state index in [0.717, 1.165) is 6.07 Å². The lowest BCUT2D eigenvalue weighted by molar-refractivity contribution is 0.556. The minimum absolute atomic E-state index is 0.115. The standard InChI is InChI=1S/C10H10ClFNO3S/c1-2-5-17(15,16)13-9-4-3-8(11)7(6-14)10(9)12/h3-4,13H,2,5H2,1H3. The molecular weight excluding hydrogens is 269 g/mol. The molecule has 4 nitrogen and oxygen atoms in total. The van der Waals surface area contributed by atoms with Gasteiger partial charge < -0.3 is 0 Å². The van der Waals surface area contributed by atoms with E-state index in [1.807, 2.05) is 4.72 Å². The molecule has 0 heterocycles. The van der Waals surface area contributed by atoms with Gasteiger partial charge in [0.1, 0.15) is 0 Å². The first-order valence-electron chi connectivity index (χ1n) is 4.78. The van der Waals surface area contributed by atoms with E-state index in [-0.39, 0.29) is 16.5 Å². The Bertz CT molecular complexity index is 531. The third kappa shape index (κ3) is 3.41. The highest BCUT2D eigenvalue weighted by atomic mass is 35.5. The van der Waals surface area contributed by atoms with E-state index in [1.54, 1.807) is 6.92 Å². The second kappa shape index (κ2) is 5.46. The molecule has 17 heavy (non-hydrogen) atoms. The fraction of sp³-hybridized carbons (Fsp3) is 0.300. The molecule has 7 heteroatoms. The number of rotatable bonds is 5. The van der Waals surface area contributed by atoms with E-state index >= 15 is 0 Å². The normalized spacial score (nSPS) is 11.2. The summed E-state index contributed by atoms with van der Waals surface area (Å²) < 4.78 is 38.5. The Kier molecular flexibility index (Phi) is 4.47. The molecule has 1 aromatic carbocycles. The fourth-order valence-corrected chi connectivity index (χ4v) is 2.53. The van der Waals surface area contributed by atoms with Gasteiger partial charge in [0, 0.05) is 0 Å². The fourth-order valence-electron chi connectivity index (χ4n) is 1.21. The molecule has 0 saturated heterocycles. The van der Waals surface area contributed by atoms with Gasteiger partial charge in [0.25, 0.3) is 0 Å². The van der Waals surface area contributed by atoms with Crippen molar-refractivity contribution in [3.05, 3.63) is 28.5 Å². The molecule has 0 spiro atoms. The van der Waals surface area contributed by atoms with Gasteiger partial charge in [-0.2, -0.15) is 0 Å². The maximum absolute atomic E-state index is 13.6. The zero-order valence-corrected chi connectivity index (χ0v) is 10.5. The van der Waals surface area contributed by atoms with Gasteiger partial charge in [0.2, 0.25) is 16.3 Å². The largest absolute Gasteiger partial charge is 0.285 e. The summed E-state index contributed by atoms with van der Waals surface area (Å²) in [7, 11) is -3.61. The Hall–Kier alpha value is -1.14. The van der Waals surface area contributed by atoms with E-state index in [1.165, 1.54) is 12.4 Å². The molecular formula is C10H10ClFNO3S. The Morgan fingerprint density at radius 3 is 2.65 bits per heavy atom. The van der Waals surface area contributed by atoms with Gasteiger partial charge in [-0.25, -0.2) is 12.8 Å². The molecule has 0 aromatic heterocycles. The van der Waals surface area contributed by atoms with Gasteiger partial charge in [-0.1, -0.05) is 18.5 Å². The molecule has 0 aliphatic heterocycles. The van der Waals surface area contributed by atoms with Crippen LogP contribution in [0.1, 0.15) is 18.9 Å². The average molecular weight is 279 g/mol. The number of nitrogens with one attached hydrogen (secondary N) is 1. The van der Waals surface area contributed by atoms with Crippen molar-refractivity contribution in [2.45, 2.75) is 13.3 Å². The smallest absolute Gasteiger partial charge is 0.238 e. The van der Waals surface area contributed by atoms with Crippen molar-refractivity contribution in [3.8, 4) is 0 Å². The number of sulfonamides is 1. The molecule has 0 unspecified atom stereocenters. The van der Waals surface area contributed by atoms with Crippen molar-refractivity contribution in [2.24, 2.45) is 0 Å². The molecule has 0 aliphatic carbocycles. The number of carbonyl (C=O) groups excluding carboxylic acids is 1. The van der Waals surface area contributed by atoms with Crippen molar-refractivity contribution >= 4 is 33.6 Å². The minimum atomic E-state index is -3.61. The molecule has 0 fully saturated rings. The monoisotopic (exact) mass is 278 g/mol. The van der Waals surface area contributed by atoms with Crippen molar-refractivity contribution < 1.29 is 17.6 Å². The number of benzene rings is 1. The molecule has 1 aromatic rings. The summed E-state index contributed by atoms with van der Waals surface area (Å²) in [5.41, 5.74) is -0.787. The Morgan fingerprint density at radius 2 is 2.12 bits per heavy atom. The molecule has 0 amide bonds. The van der Waals surface area contributed by atoms with Crippen LogP contribution in [0, 0.1) is 5.82 Å². The van der Waals surface area contributed by atoms with Crippen molar-refractivity contribution in [1.29, 1.82) is 0 Å². The van der Waals surface area contributed by atoms with Crippen LogP contribution in [0.25, 0.3) is 0 Å². The van der Waals surface area contributed by atoms with E-state index in [9.17, 15) is 17.6 Å². The van der Waals surface area contributed by atoms with Gasteiger partial charge in [-0.3, -0.25) is 9.52 Å². The predicted molar refractivity (Wildman–Crippen MR) is 63.9 cm³/mol. The highest BCUT2D eigenvalue weighted by Gasteiger charge is 2.16. The van der Waals surface area contributed by atoms with E-state index in [4.69, 9.17) is 11.6 Å². The quantitative estimate of drug-likeness (QED) is 0.897. The van der Waals surface area contributed by atoms with Crippen LogP contribution in [-0.2, 0) is 14.8 Å². The average Bonchev–Trinajstić information content (AvgIpc) is 2.23. The molecule has 93 valence electrons. The third-order valence-electron chi connectivity index (χ3n) is 1.93. The van der Waals surface area contributed by atoms with Gasteiger partial charge >= 0.3 is 0 Å². The summed E-state index contributed by atoms with van der Waals surface area (Å²) in [5, 5.41) is -0.115. The Balaban J connectivity index is 3.13. The Labute approximate surface area is 104 Å². The first kappa shape index (κ1) is 13.9. The van der Waals surface area contributed by atoms with Crippen LogP contribution in [0.4, 0.5) is 10.1 Å². The summed E-state index contributed by atoms with van der Waals surface area (Å²) in [6, 6.07) is 2.39. The first-order chi connectivity index (χ1) is 7.91. The lowest BCUT2D eigenvalue weighted by Crippen LogP contribution is -2.17. The van der Waals surface area contributed by atoms with Gasteiger partial charge in [0.05, 0.1) is 22.0 Å². The predicted octanol–water partition coefficient (Wildman–Crippen LogP) is 2.09. The van der Waals surface area contributed by atoms with Crippen molar-refractivity contribution in [3.63, 3.8) is 0 Å². The highest BCUT2D eigenvalue weighted by molar-refractivity contribution is 7.92. The molecule has 0 aliphatic rings. The van der Waals surface area contributed by atoms with Crippen LogP contribution >= 0.6 is 11.6 Å². The van der Waals surface area contributed by atoms with E-state index < -0.39 is 21.4 Å². The SMILES string of the molecule is CCCS(=O)(=O)Nc1ccc(Cl)c([C]=O)c1F. The molecule has 0 bridgehead atoms. The Morgan fingerprint density at radius 1 is 1.47 bits per heavy atom. The maximum Gasteiger partial charge on any atom is 0.238 e. The van der Waals surface area contributed by atoms with Crippen LogP contribution in [0.3, 0.4) is 0 Å². The van der Waals surface area contributed by atoms with Crippen LogP contribution in [0.5, 0.6) is 0 Å². The first-order valence-corrected chi connectivity index (χ1v) is 6.81. The zero-order valence-electron chi connectivity index (χ0n) is 8.96. The number of halogens is 2. The maximum atomic E-state index is 13.6. The second-order valence-corrected chi connectivity index (χ2v) is 5.56. The van der Waals surface area contributed by atoms with Gasteiger partial charge in [-0.15, -0.1) is 0 Å². The molecule has 1 N–H and O–H groups in total. The van der Waals surface area contributed by atoms with Crippen LogP contribution in [0.2, 0.25) is 5.02 Å². The topological polar surface area (TPSA) is 63.2 Å².